The van der Waals surface area contributed by atoms with Crippen LogP contribution < -0.4 is 0 Å². The maximum atomic E-state index is 10.3. The van der Waals surface area contributed by atoms with Crippen LogP contribution in [0.2, 0.25) is 0 Å². The fourth-order valence-corrected chi connectivity index (χ4v) is 2.77. The SMILES string of the molecule is CCC(Cl)CCCCCCCCCCCCCCC(=O)O. The zero-order chi connectivity index (χ0) is 15.8. The lowest BCUT2D eigenvalue weighted by molar-refractivity contribution is -0.137. The van der Waals surface area contributed by atoms with Gasteiger partial charge in [-0.3, -0.25) is 4.79 Å². The van der Waals surface area contributed by atoms with Crippen molar-refractivity contribution in [2.24, 2.45) is 0 Å². The van der Waals surface area contributed by atoms with Crippen LogP contribution in [0.15, 0.2) is 0 Å². The predicted molar refractivity (Wildman–Crippen MR) is 92.2 cm³/mol. The molecule has 21 heavy (non-hydrogen) atoms. The molecule has 0 heterocycles. The summed E-state index contributed by atoms with van der Waals surface area (Å²) >= 11 is 6.09. The molecule has 0 aromatic rings. The van der Waals surface area contributed by atoms with Gasteiger partial charge >= 0.3 is 5.97 Å². The first-order chi connectivity index (χ1) is 10.2. The monoisotopic (exact) mass is 318 g/mol. The molecule has 3 heteroatoms. The molecule has 1 unspecified atom stereocenters. The third-order valence-electron chi connectivity index (χ3n) is 4.10. The Bertz CT molecular complexity index is 231. The lowest BCUT2D eigenvalue weighted by Crippen LogP contribution is -1.95. The van der Waals surface area contributed by atoms with E-state index in [4.69, 9.17) is 16.7 Å². The average molecular weight is 319 g/mol. The molecule has 0 radical (unpaired) electrons. The molecule has 0 fully saturated rings. The molecule has 0 saturated carbocycles. The van der Waals surface area contributed by atoms with Crippen LogP contribution in [0.1, 0.15) is 103 Å². The number of hydrogen-bond donors (Lipinski definition) is 1. The van der Waals surface area contributed by atoms with E-state index in [1.807, 2.05) is 0 Å². The molecule has 0 aliphatic rings. The number of aliphatic carboxylic acids is 1. The molecule has 1 atom stereocenters. The topological polar surface area (TPSA) is 37.3 Å². The molecule has 0 aliphatic carbocycles. The van der Waals surface area contributed by atoms with E-state index in [9.17, 15) is 4.79 Å². The molecule has 0 rings (SSSR count). The van der Waals surface area contributed by atoms with Crippen LogP contribution >= 0.6 is 11.6 Å². The summed E-state index contributed by atoms with van der Waals surface area (Å²) in [7, 11) is 0. The average Bonchev–Trinajstić information content (AvgIpc) is 2.46. The van der Waals surface area contributed by atoms with Crippen LogP contribution in [0.5, 0.6) is 0 Å². The first-order valence-corrected chi connectivity index (χ1v) is 9.46. The Kier molecular flexibility index (Phi) is 16.0. The summed E-state index contributed by atoms with van der Waals surface area (Å²) < 4.78 is 0. The van der Waals surface area contributed by atoms with Crippen molar-refractivity contribution in [2.75, 3.05) is 0 Å². The van der Waals surface area contributed by atoms with Crippen molar-refractivity contribution in [1.82, 2.24) is 0 Å². The van der Waals surface area contributed by atoms with Crippen molar-refractivity contribution in [3.8, 4) is 0 Å². The minimum atomic E-state index is -0.661. The number of hydrogen-bond acceptors (Lipinski definition) is 1. The van der Waals surface area contributed by atoms with Gasteiger partial charge in [-0.2, -0.15) is 0 Å². The van der Waals surface area contributed by atoms with E-state index in [0.717, 1.165) is 19.3 Å². The second-order valence-corrected chi connectivity index (χ2v) is 6.80. The Balaban J connectivity index is 3.01. The van der Waals surface area contributed by atoms with Gasteiger partial charge in [0.1, 0.15) is 0 Å². The normalized spacial score (nSPS) is 12.5. The highest BCUT2D eigenvalue weighted by molar-refractivity contribution is 6.20. The van der Waals surface area contributed by atoms with Crippen LogP contribution in [0.3, 0.4) is 0 Å². The van der Waals surface area contributed by atoms with Crippen LogP contribution in [-0.2, 0) is 4.79 Å². The smallest absolute Gasteiger partial charge is 0.303 e. The van der Waals surface area contributed by atoms with E-state index in [0.29, 0.717) is 11.8 Å². The maximum Gasteiger partial charge on any atom is 0.303 e. The van der Waals surface area contributed by atoms with E-state index in [-0.39, 0.29) is 0 Å². The highest BCUT2D eigenvalue weighted by Crippen LogP contribution is 2.15. The largest absolute Gasteiger partial charge is 0.481 e. The number of rotatable bonds is 16. The quantitative estimate of drug-likeness (QED) is 0.259. The Morgan fingerprint density at radius 3 is 1.57 bits per heavy atom. The molecule has 0 bridgehead atoms. The molecule has 0 amide bonds. The van der Waals surface area contributed by atoms with Gasteiger partial charge in [-0.1, -0.05) is 77.6 Å². The summed E-state index contributed by atoms with van der Waals surface area (Å²) in [4.78, 5) is 10.3. The van der Waals surface area contributed by atoms with E-state index < -0.39 is 5.97 Å². The zero-order valence-electron chi connectivity index (χ0n) is 13.9. The summed E-state index contributed by atoms with van der Waals surface area (Å²) in [6, 6.07) is 0. The first kappa shape index (κ1) is 20.8. The van der Waals surface area contributed by atoms with Crippen LogP contribution in [0.4, 0.5) is 0 Å². The highest BCUT2D eigenvalue weighted by atomic mass is 35.5. The lowest BCUT2D eigenvalue weighted by Gasteiger charge is -2.05. The van der Waals surface area contributed by atoms with Crippen molar-refractivity contribution < 1.29 is 9.90 Å². The lowest BCUT2D eigenvalue weighted by atomic mass is 10.0. The van der Waals surface area contributed by atoms with Gasteiger partial charge in [0.2, 0.25) is 0 Å². The van der Waals surface area contributed by atoms with Gasteiger partial charge in [0, 0.05) is 11.8 Å². The Hall–Kier alpha value is -0.240. The van der Waals surface area contributed by atoms with E-state index in [1.165, 1.54) is 70.6 Å². The summed E-state index contributed by atoms with van der Waals surface area (Å²) in [6.45, 7) is 2.16. The van der Waals surface area contributed by atoms with Gasteiger partial charge in [0.05, 0.1) is 0 Å². The summed E-state index contributed by atoms with van der Waals surface area (Å²) in [5.41, 5.74) is 0. The first-order valence-electron chi connectivity index (χ1n) is 9.02. The Labute approximate surface area is 136 Å². The number of unbranched alkanes of at least 4 members (excludes halogenated alkanes) is 11. The third-order valence-corrected chi connectivity index (χ3v) is 4.63. The summed E-state index contributed by atoms with van der Waals surface area (Å²) in [5.74, 6) is -0.661. The zero-order valence-corrected chi connectivity index (χ0v) is 14.7. The number of carboxylic acid groups (broad SMARTS) is 1. The second-order valence-electron chi connectivity index (χ2n) is 6.18. The van der Waals surface area contributed by atoms with E-state index in [2.05, 4.69) is 6.92 Å². The standard InChI is InChI=1S/C18H35ClO2/c1-2-17(19)15-13-11-9-7-5-3-4-6-8-10-12-14-16-18(20)21/h17H,2-16H2,1H3,(H,20,21). The number of carboxylic acids is 1. The van der Waals surface area contributed by atoms with Gasteiger partial charge in [-0.15, -0.1) is 11.6 Å². The maximum absolute atomic E-state index is 10.3. The molecule has 1 N–H and O–H groups in total. The molecular weight excluding hydrogens is 284 g/mol. The van der Waals surface area contributed by atoms with Gasteiger partial charge in [-0.05, 0) is 19.3 Å². The number of alkyl halides is 1. The molecule has 0 saturated heterocycles. The van der Waals surface area contributed by atoms with Crippen LogP contribution in [0.25, 0.3) is 0 Å². The van der Waals surface area contributed by atoms with Crippen molar-refractivity contribution >= 4 is 17.6 Å². The van der Waals surface area contributed by atoms with Gasteiger partial charge in [0.25, 0.3) is 0 Å². The summed E-state index contributed by atoms with van der Waals surface area (Å²) in [5, 5.41) is 8.91. The summed E-state index contributed by atoms with van der Waals surface area (Å²) in [6.07, 6.45) is 17.8. The fraction of sp³-hybridized carbons (Fsp3) is 0.944. The molecule has 0 aromatic carbocycles. The van der Waals surface area contributed by atoms with Gasteiger partial charge in [-0.25, -0.2) is 0 Å². The van der Waals surface area contributed by atoms with E-state index >= 15 is 0 Å². The molecule has 0 aromatic heterocycles. The molecular formula is C18H35ClO2. The Morgan fingerprint density at radius 1 is 0.810 bits per heavy atom. The Morgan fingerprint density at radius 2 is 1.19 bits per heavy atom. The molecule has 126 valence electrons. The minimum Gasteiger partial charge on any atom is -0.481 e. The predicted octanol–water partition coefficient (Wildman–Crippen LogP) is 6.55. The highest BCUT2D eigenvalue weighted by Gasteiger charge is 2.00. The number of halogens is 1. The van der Waals surface area contributed by atoms with Crippen molar-refractivity contribution in [3.63, 3.8) is 0 Å². The van der Waals surface area contributed by atoms with Gasteiger partial charge in [0.15, 0.2) is 0 Å². The van der Waals surface area contributed by atoms with E-state index in [1.54, 1.807) is 0 Å². The van der Waals surface area contributed by atoms with Crippen LogP contribution in [0, 0.1) is 0 Å². The van der Waals surface area contributed by atoms with Crippen molar-refractivity contribution in [1.29, 1.82) is 0 Å². The van der Waals surface area contributed by atoms with Crippen LogP contribution in [-0.4, -0.2) is 16.5 Å². The van der Waals surface area contributed by atoms with Gasteiger partial charge < -0.3 is 5.11 Å². The number of carbonyl (C=O) groups is 1. The third kappa shape index (κ3) is 17.7. The second kappa shape index (κ2) is 16.1. The molecule has 2 nitrogen and oxygen atoms in total. The fourth-order valence-electron chi connectivity index (χ4n) is 2.61. The van der Waals surface area contributed by atoms with Crippen molar-refractivity contribution in [3.05, 3.63) is 0 Å². The molecule has 0 aliphatic heterocycles. The van der Waals surface area contributed by atoms with Crippen molar-refractivity contribution in [2.45, 2.75) is 109 Å². The minimum absolute atomic E-state index is 0.336. The molecule has 0 spiro atoms.